The quantitative estimate of drug-likeness (QED) is 0.748. The number of ether oxygens (including phenoxy) is 3. The van der Waals surface area contributed by atoms with E-state index < -0.39 is 0 Å². The van der Waals surface area contributed by atoms with Crippen LogP contribution in [-0.2, 0) is 14.3 Å². The molecule has 0 saturated carbocycles. The van der Waals surface area contributed by atoms with Crippen LogP contribution < -0.4 is 14.8 Å². The molecule has 7 nitrogen and oxygen atoms in total. The van der Waals surface area contributed by atoms with Crippen molar-refractivity contribution >= 4 is 17.6 Å². The molecule has 1 fully saturated rings. The minimum absolute atomic E-state index is 0.123. The molecule has 2 rings (SSSR count). The monoisotopic (exact) mass is 364 g/mol. The number of rotatable bonds is 7. The molecule has 0 bridgehead atoms. The number of esters is 1. The molecule has 1 heterocycles. The summed E-state index contributed by atoms with van der Waals surface area (Å²) in [6.07, 6.45) is 1.68. The standard InChI is InChI=1S/C19H28N2O5/c1-5-26-19(23)14-7-6-10-21(12-14)13(2)18(22)20-15-8-9-16(24-3)17(11-15)25-4/h8-9,11,13-14H,5-7,10,12H2,1-4H3,(H,20,22)/t13-,14-/m0/s1. The van der Waals surface area contributed by atoms with Crippen LogP contribution in [0.15, 0.2) is 18.2 Å². The molecule has 1 aliphatic heterocycles. The number of likely N-dealkylation sites (tertiary alicyclic amines) is 1. The van der Waals surface area contributed by atoms with Crippen molar-refractivity contribution in [2.75, 3.05) is 39.2 Å². The molecule has 7 heteroatoms. The van der Waals surface area contributed by atoms with E-state index >= 15 is 0 Å². The van der Waals surface area contributed by atoms with Gasteiger partial charge in [-0.3, -0.25) is 14.5 Å². The molecule has 1 N–H and O–H groups in total. The largest absolute Gasteiger partial charge is 0.493 e. The van der Waals surface area contributed by atoms with Crippen LogP contribution in [0.2, 0.25) is 0 Å². The molecule has 1 saturated heterocycles. The van der Waals surface area contributed by atoms with E-state index in [4.69, 9.17) is 14.2 Å². The lowest BCUT2D eigenvalue weighted by atomic mass is 9.97. The number of nitrogens with zero attached hydrogens (tertiary/aromatic N) is 1. The van der Waals surface area contributed by atoms with E-state index in [2.05, 4.69) is 5.32 Å². The molecular weight excluding hydrogens is 336 g/mol. The van der Waals surface area contributed by atoms with Gasteiger partial charge in [-0.15, -0.1) is 0 Å². The molecule has 0 unspecified atom stereocenters. The number of anilines is 1. The Labute approximate surface area is 154 Å². The molecule has 1 amide bonds. The van der Waals surface area contributed by atoms with Gasteiger partial charge in [0.1, 0.15) is 0 Å². The number of carbonyl (C=O) groups is 2. The van der Waals surface area contributed by atoms with E-state index in [1.54, 1.807) is 39.3 Å². The van der Waals surface area contributed by atoms with Crippen molar-refractivity contribution in [3.63, 3.8) is 0 Å². The van der Waals surface area contributed by atoms with Crippen LogP contribution >= 0.6 is 0 Å². The molecular formula is C19H28N2O5. The van der Waals surface area contributed by atoms with Gasteiger partial charge < -0.3 is 19.5 Å². The smallest absolute Gasteiger partial charge is 0.310 e. The topological polar surface area (TPSA) is 77.1 Å². The van der Waals surface area contributed by atoms with Gasteiger partial charge in [-0.1, -0.05) is 0 Å². The minimum atomic E-state index is -0.347. The first-order chi connectivity index (χ1) is 12.5. The van der Waals surface area contributed by atoms with Gasteiger partial charge in [0.2, 0.25) is 5.91 Å². The molecule has 0 radical (unpaired) electrons. The number of piperidine rings is 1. The molecule has 0 aromatic heterocycles. The highest BCUT2D eigenvalue weighted by molar-refractivity contribution is 5.94. The van der Waals surface area contributed by atoms with Crippen molar-refractivity contribution in [1.82, 2.24) is 4.90 Å². The van der Waals surface area contributed by atoms with Crippen LogP contribution in [0.25, 0.3) is 0 Å². The zero-order valence-electron chi connectivity index (χ0n) is 15.9. The normalized spacial score (nSPS) is 18.7. The lowest BCUT2D eigenvalue weighted by Gasteiger charge is -2.35. The van der Waals surface area contributed by atoms with E-state index in [0.717, 1.165) is 19.4 Å². The van der Waals surface area contributed by atoms with Crippen molar-refractivity contribution in [3.05, 3.63) is 18.2 Å². The Hall–Kier alpha value is -2.28. The zero-order chi connectivity index (χ0) is 19.1. The lowest BCUT2D eigenvalue weighted by molar-refractivity contribution is -0.150. The molecule has 144 valence electrons. The maximum absolute atomic E-state index is 12.6. The van der Waals surface area contributed by atoms with Gasteiger partial charge in [0.05, 0.1) is 32.8 Å². The second-order valence-electron chi connectivity index (χ2n) is 6.32. The Balaban J connectivity index is 1.99. The number of methoxy groups -OCH3 is 2. The summed E-state index contributed by atoms with van der Waals surface area (Å²) in [5.74, 6) is 0.691. The number of hydrogen-bond donors (Lipinski definition) is 1. The summed E-state index contributed by atoms with van der Waals surface area (Å²) in [6.45, 7) is 5.36. The highest BCUT2D eigenvalue weighted by Gasteiger charge is 2.31. The average Bonchev–Trinajstić information content (AvgIpc) is 2.67. The van der Waals surface area contributed by atoms with Crippen molar-refractivity contribution < 1.29 is 23.8 Å². The van der Waals surface area contributed by atoms with Gasteiger partial charge in [0, 0.05) is 18.3 Å². The fourth-order valence-corrected chi connectivity index (χ4v) is 3.14. The van der Waals surface area contributed by atoms with Crippen molar-refractivity contribution in [1.29, 1.82) is 0 Å². The molecule has 2 atom stereocenters. The van der Waals surface area contributed by atoms with Crippen LogP contribution in [0.5, 0.6) is 11.5 Å². The molecule has 1 aromatic carbocycles. The third-order valence-electron chi connectivity index (χ3n) is 4.65. The van der Waals surface area contributed by atoms with Crippen LogP contribution in [0.3, 0.4) is 0 Å². The zero-order valence-corrected chi connectivity index (χ0v) is 15.9. The Morgan fingerprint density at radius 3 is 2.65 bits per heavy atom. The summed E-state index contributed by atoms with van der Waals surface area (Å²) < 4.78 is 15.6. The predicted molar refractivity (Wildman–Crippen MR) is 98.6 cm³/mol. The van der Waals surface area contributed by atoms with Gasteiger partial charge in [-0.2, -0.15) is 0 Å². The molecule has 26 heavy (non-hydrogen) atoms. The summed E-state index contributed by atoms with van der Waals surface area (Å²) in [7, 11) is 3.11. The first-order valence-electron chi connectivity index (χ1n) is 8.93. The first-order valence-corrected chi connectivity index (χ1v) is 8.93. The van der Waals surface area contributed by atoms with E-state index in [-0.39, 0.29) is 23.8 Å². The molecule has 0 aliphatic carbocycles. The van der Waals surface area contributed by atoms with Crippen LogP contribution in [0, 0.1) is 5.92 Å². The van der Waals surface area contributed by atoms with E-state index in [1.807, 2.05) is 11.8 Å². The Morgan fingerprint density at radius 1 is 1.27 bits per heavy atom. The SMILES string of the molecule is CCOC(=O)[C@H]1CCCN([C@@H](C)C(=O)Nc2ccc(OC)c(OC)c2)C1. The van der Waals surface area contributed by atoms with Crippen LogP contribution in [0.1, 0.15) is 26.7 Å². The molecule has 0 spiro atoms. The first kappa shape index (κ1) is 20.0. The van der Waals surface area contributed by atoms with Gasteiger partial charge in [-0.05, 0) is 45.4 Å². The highest BCUT2D eigenvalue weighted by atomic mass is 16.5. The van der Waals surface area contributed by atoms with Crippen LogP contribution in [0.4, 0.5) is 5.69 Å². The Kier molecular flexibility index (Phi) is 7.26. The van der Waals surface area contributed by atoms with Gasteiger partial charge in [-0.25, -0.2) is 0 Å². The second-order valence-corrected chi connectivity index (χ2v) is 6.32. The third kappa shape index (κ3) is 4.88. The number of carbonyl (C=O) groups excluding carboxylic acids is 2. The average molecular weight is 364 g/mol. The second kappa shape index (κ2) is 9.43. The Bertz CT molecular complexity index is 634. The lowest BCUT2D eigenvalue weighted by Crippen LogP contribution is -2.48. The van der Waals surface area contributed by atoms with E-state index in [9.17, 15) is 9.59 Å². The fraction of sp³-hybridized carbons (Fsp3) is 0.579. The number of amides is 1. The summed E-state index contributed by atoms with van der Waals surface area (Å²) in [5, 5.41) is 2.90. The molecule has 1 aromatic rings. The molecule has 1 aliphatic rings. The number of benzene rings is 1. The van der Waals surface area contributed by atoms with Gasteiger partial charge >= 0.3 is 5.97 Å². The summed E-state index contributed by atoms with van der Waals surface area (Å²) in [4.78, 5) is 26.6. The third-order valence-corrected chi connectivity index (χ3v) is 4.65. The maximum atomic E-state index is 12.6. The maximum Gasteiger partial charge on any atom is 0.310 e. The number of nitrogens with one attached hydrogen (secondary N) is 1. The van der Waals surface area contributed by atoms with Crippen molar-refractivity contribution in [2.45, 2.75) is 32.7 Å². The minimum Gasteiger partial charge on any atom is -0.493 e. The van der Waals surface area contributed by atoms with Crippen molar-refractivity contribution in [3.8, 4) is 11.5 Å². The predicted octanol–water partition coefficient (Wildman–Crippen LogP) is 2.31. The summed E-state index contributed by atoms with van der Waals surface area (Å²) in [5.41, 5.74) is 0.637. The highest BCUT2D eigenvalue weighted by Crippen LogP contribution is 2.30. The number of hydrogen-bond acceptors (Lipinski definition) is 6. The van der Waals surface area contributed by atoms with Crippen molar-refractivity contribution in [2.24, 2.45) is 5.92 Å². The van der Waals surface area contributed by atoms with Crippen LogP contribution in [-0.4, -0.2) is 56.7 Å². The van der Waals surface area contributed by atoms with E-state index in [0.29, 0.717) is 30.3 Å². The summed E-state index contributed by atoms with van der Waals surface area (Å²) in [6, 6.07) is 4.89. The Morgan fingerprint density at radius 2 is 2.00 bits per heavy atom. The van der Waals surface area contributed by atoms with Gasteiger partial charge in [0.15, 0.2) is 11.5 Å². The summed E-state index contributed by atoms with van der Waals surface area (Å²) >= 11 is 0. The fourth-order valence-electron chi connectivity index (χ4n) is 3.14. The van der Waals surface area contributed by atoms with Gasteiger partial charge in [0.25, 0.3) is 0 Å². The van der Waals surface area contributed by atoms with E-state index in [1.165, 1.54) is 0 Å².